The minimum absolute atomic E-state index is 0. The van der Waals surface area contributed by atoms with Crippen molar-refractivity contribution in [1.82, 2.24) is 0 Å². The van der Waals surface area contributed by atoms with Gasteiger partial charge in [-0.25, -0.2) is 0 Å². The van der Waals surface area contributed by atoms with E-state index in [-0.39, 0.29) is 24.0 Å². The monoisotopic (exact) mass is 367 g/mol. The smallest absolute Gasteiger partial charge is 0.193 e. The first-order valence-corrected chi connectivity index (χ1v) is 6.35. The van der Waals surface area contributed by atoms with E-state index >= 15 is 0 Å². The van der Waals surface area contributed by atoms with E-state index < -0.39 is 0 Å². The third kappa shape index (κ3) is 6.62. The lowest BCUT2D eigenvalue weighted by Gasteiger charge is -2.06. The van der Waals surface area contributed by atoms with Gasteiger partial charge in [0.25, 0.3) is 0 Å². The van der Waals surface area contributed by atoms with E-state index in [2.05, 4.69) is 10.3 Å². The molecule has 0 amide bonds. The number of halogens is 1. The van der Waals surface area contributed by atoms with Crippen LogP contribution >= 0.6 is 35.7 Å². The van der Waals surface area contributed by atoms with Gasteiger partial charge < -0.3 is 15.8 Å². The molecule has 0 saturated carbocycles. The zero-order chi connectivity index (χ0) is 11.8. The first kappa shape index (κ1) is 16.4. The molecule has 6 heteroatoms. The largest absolute Gasteiger partial charge is 0.497 e. The lowest BCUT2D eigenvalue weighted by Crippen LogP contribution is -2.23. The number of hydrogen-bond donors (Lipinski definition) is 2. The fourth-order valence-corrected chi connectivity index (χ4v) is 1.39. The van der Waals surface area contributed by atoms with Gasteiger partial charge in [-0.3, -0.25) is 4.99 Å². The van der Waals surface area contributed by atoms with Crippen molar-refractivity contribution < 1.29 is 4.74 Å². The SMILES string of the molecule is COc1ccc(NC(N)=NCCSC)cc1.I. The Kier molecular flexibility index (Phi) is 9.06. The second-order valence-electron chi connectivity index (χ2n) is 3.11. The number of ether oxygens (including phenoxy) is 1. The number of hydrogen-bond acceptors (Lipinski definition) is 3. The van der Waals surface area contributed by atoms with E-state index in [1.165, 1.54) is 0 Å². The fourth-order valence-electron chi connectivity index (χ4n) is 1.12. The Morgan fingerprint density at radius 1 is 1.41 bits per heavy atom. The van der Waals surface area contributed by atoms with Crippen LogP contribution in [0.15, 0.2) is 29.3 Å². The molecule has 1 aromatic rings. The molecule has 17 heavy (non-hydrogen) atoms. The van der Waals surface area contributed by atoms with Crippen molar-refractivity contribution in [3.8, 4) is 5.75 Å². The molecule has 0 radical (unpaired) electrons. The average Bonchev–Trinajstić information content (AvgIpc) is 2.30. The maximum Gasteiger partial charge on any atom is 0.193 e. The van der Waals surface area contributed by atoms with Crippen molar-refractivity contribution in [3.05, 3.63) is 24.3 Å². The standard InChI is InChI=1S/C11H17N3OS.HI/c1-15-10-5-3-9(4-6-10)14-11(12)13-7-8-16-2;/h3-6H,7-8H2,1-2H3,(H3,12,13,14);1H. The first-order valence-electron chi connectivity index (χ1n) is 4.96. The summed E-state index contributed by atoms with van der Waals surface area (Å²) in [5.41, 5.74) is 6.62. The van der Waals surface area contributed by atoms with Crippen molar-refractivity contribution in [2.45, 2.75) is 0 Å². The predicted molar refractivity (Wildman–Crippen MR) is 86.9 cm³/mol. The third-order valence-corrected chi connectivity index (χ3v) is 2.53. The number of benzene rings is 1. The molecule has 0 aliphatic rings. The molecule has 3 N–H and O–H groups in total. The maximum atomic E-state index is 5.72. The summed E-state index contributed by atoms with van der Waals surface area (Å²) in [7, 11) is 1.64. The van der Waals surface area contributed by atoms with E-state index in [1.54, 1.807) is 18.9 Å². The topological polar surface area (TPSA) is 59.6 Å². The number of aliphatic imine (C=N–C) groups is 1. The number of anilines is 1. The second kappa shape index (κ2) is 9.41. The summed E-state index contributed by atoms with van der Waals surface area (Å²) in [5.74, 6) is 2.24. The van der Waals surface area contributed by atoms with Crippen LogP contribution in [0.25, 0.3) is 0 Å². The van der Waals surface area contributed by atoms with Crippen molar-refractivity contribution in [2.75, 3.05) is 31.0 Å². The normalized spacial score (nSPS) is 10.6. The molecule has 96 valence electrons. The molecule has 0 aromatic heterocycles. The molecule has 1 aromatic carbocycles. The molecule has 0 fully saturated rings. The van der Waals surface area contributed by atoms with Crippen LogP contribution in [0.2, 0.25) is 0 Å². The Balaban J connectivity index is 0.00000256. The Morgan fingerprint density at radius 3 is 2.59 bits per heavy atom. The van der Waals surface area contributed by atoms with Crippen LogP contribution in [-0.4, -0.2) is 31.6 Å². The quantitative estimate of drug-likeness (QED) is 0.363. The summed E-state index contributed by atoms with van der Waals surface area (Å²) in [6.07, 6.45) is 2.04. The number of guanidine groups is 1. The molecule has 4 nitrogen and oxygen atoms in total. The Bertz CT molecular complexity index is 343. The molecular formula is C11H18IN3OS. The van der Waals surface area contributed by atoms with E-state index in [0.717, 1.165) is 23.7 Å². The number of rotatable bonds is 5. The minimum Gasteiger partial charge on any atom is -0.497 e. The Morgan fingerprint density at radius 2 is 2.06 bits per heavy atom. The van der Waals surface area contributed by atoms with E-state index in [0.29, 0.717) is 5.96 Å². The van der Waals surface area contributed by atoms with Gasteiger partial charge in [-0.2, -0.15) is 11.8 Å². The van der Waals surface area contributed by atoms with Gasteiger partial charge in [-0.1, -0.05) is 0 Å². The molecule has 0 atom stereocenters. The van der Waals surface area contributed by atoms with Crippen LogP contribution in [0.4, 0.5) is 5.69 Å². The van der Waals surface area contributed by atoms with Crippen LogP contribution in [0.5, 0.6) is 5.75 Å². The van der Waals surface area contributed by atoms with Crippen LogP contribution < -0.4 is 15.8 Å². The zero-order valence-electron chi connectivity index (χ0n) is 9.97. The summed E-state index contributed by atoms with van der Waals surface area (Å²) in [6, 6.07) is 7.54. The van der Waals surface area contributed by atoms with Crippen molar-refractivity contribution >= 4 is 47.4 Å². The van der Waals surface area contributed by atoms with E-state index in [4.69, 9.17) is 10.5 Å². The Hall–Kier alpha value is -0.630. The lowest BCUT2D eigenvalue weighted by atomic mass is 10.3. The van der Waals surface area contributed by atoms with Gasteiger partial charge in [-0.05, 0) is 30.5 Å². The number of nitrogens with one attached hydrogen (secondary N) is 1. The summed E-state index contributed by atoms with van der Waals surface area (Å²) in [6.45, 7) is 0.732. The van der Waals surface area contributed by atoms with Crippen LogP contribution in [0, 0.1) is 0 Å². The lowest BCUT2D eigenvalue weighted by molar-refractivity contribution is 0.415. The molecule has 0 unspecified atom stereocenters. The van der Waals surface area contributed by atoms with Crippen LogP contribution in [-0.2, 0) is 0 Å². The highest BCUT2D eigenvalue weighted by Crippen LogP contribution is 2.14. The molecule has 1 rings (SSSR count). The summed E-state index contributed by atoms with van der Waals surface area (Å²) >= 11 is 1.75. The highest BCUT2D eigenvalue weighted by molar-refractivity contribution is 14.0. The highest BCUT2D eigenvalue weighted by atomic mass is 127. The fraction of sp³-hybridized carbons (Fsp3) is 0.364. The van der Waals surface area contributed by atoms with E-state index in [1.807, 2.05) is 30.5 Å². The molecule has 0 saturated heterocycles. The molecule has 0 aliphatic carbocycles. The number of nitrogens with zero attached hydrogens (tertiary/aromatic N) is 1. The molecule has 0 bridgehead atoms. The van der Waals surface area contributed by atoms with Gasteiger partial charge >= 0.3 is 0 Å². The third-order valence-electron chi connectivity index (χ3n) is 1.94. The summed E-state index contributed by atoms with van der Waals surface area (Å²) in [4.78, 5) is 4.18. The second-order valence-corrected chi connectivity index (χ2v) is 4.10. The highest BCUT2D eigenvalue weighted by Gasteiger charge is 1.95. The number of methoxy groups -OCH3 is 1. The summed E-state index contributed by atoms with van der Waals surface area (Å²) < 4.78 is 5.06. The molecular weight excluding hydrogens is 349 g/mol. The van der Waals surface area contributed by atoms with E-state index in [9.17, 15) is 0 Å². The van der Waals surface area contributed by atoms with Gasteiger partial charge in [-0.15, -0.1) is 24.0 Å². The van der Waals surface area contributed by atoms with Gasteiger partial charge in [0.05, 0.1) is 13.7 Å². The van der Waals surface area contributed by atoms with Crippen molar-refractivity contribution in [2.24, 2.45) is 10.7 Å². The number of thioether (sulfide) groups is 1. The molecule has 0 spiro atoms. The molecule has 0 heterocycles. The predicted octanol–water partition coefficient (Wildman–Crippen LogP) is 2.40. The van der Waals surface area contributed by atoms with Crippen LogP contribution in [0.3, 0.4) is 0 Å². The minimum atomic E-state index is 0. The van der Waals surface area contributed by atoms with Crippen molar-refractivity contribution in [1.29, 1.82) is 0 Å². The van der Waals surface area contributed by atoms with Gasteiger partial charge in [0.1, 0.15) is 5.75 Å². The van der Waals surface area contributed by atoms with Gasteiger partial charge in [0, 0.05) is 11.4 Å². The average molecular weight is 367 g/mol. The number of nitrogens with two attached hydrogens (primary N) is 1. The van der Waals surface area contributed by atoms with Crippen LogP contribution in [0.1, 0.15) is 0 Å². The van der Waals surface area contributed by atoms with Gasteiger partial charge in [0.2, 0.25) is 0 Å². The maximum absolute atomic E-state index is 5.72. The first-order chi connectivity index (χ1) is 7.76. The Labute approximate surface area is 123 Å². The molecule has 0 aliphatic heterocycles. The zero-order valence-corrected chi connectivity index (χ0v) is 13.1. The summed E-state index contributed by atoms with van der Waals surface area (Å²) in [5, 5.41) is 3.02. The van der Waals surface area contributed by atoms with Gasteiger partial charge in [0.15, 0.2) is 5.96 Å². The van der Waals surface area contributed by atoms with Crippen molar-refractivity contribution in [3.63, 3.8) is 0 Å².